The Kier molecular flexibility index (Phi) is 12.4. The highest BCUT2D eigenvalue weighted by Crippen LogP contribution is 2.20. The van der Waals surface area contributed by atoms with Gasteiger partial charge >= 0.3 is 5.97 Å². The highest BCUT2D eigenvalue weighted by atomic mass is 32.2. The number of benzene rings is 1. The van der Waals surface area contributed by atoms with E-state index in [1.807, 2.05) is 12.5 Å². The number of hydrogen-bond acceptors (Lipinski definition) is 8. The molecular weight excluding hydrogens is 504 g/mol. The predicted molar refractivity (Wildman–Crippen MR) is 142 cm³/mol. The third-order valence-electron chi connectivity index (χ3n) is 6.03. The average molecular weight is 541 g/mol. The van der Waals surface area contributed by atoms with Gasteiger partial charge in [-0.3, -0.25) is 14.4 Å². The number of thioether (sulfide) groups is 2. The van der Waals surface area contributed by atoms with Gasteiger partial charge in [0.15, 0.2) is 0 Å². The lowest BCUT2D eigenvalue weighted by Crippen LogP contribution is -2.57. The molecular formula is C24H36N4O6S2. The summed E-state index contributed by atoms with van der Waals surface area (Å²) in [4.78, 5) is 52.3. The monoisotopic (exact) mass is 540 g/mol. The summed E-state index contributed by atoms with van der Waals surface area (Å²) >= 11 is 3.07. The Morgan fingerprint density at radius 3 is 2.25 bits per heavy atom. The van der Waals surface area contributed by atoms with Crippen LogP contribution in [0.2, 0.25) is 0 Å². The number of nitrogens with zero attached hydrogens (tertiary/aromatic N) is 1. The van der Waals surface area contributed by atoms with Crippen LogP contribution in [-0.4, -0.2) is 93.5 Å². The van der Waals surface area contributed by atoms with Crippen molar-refractivity contribution >= 4 is 47.2 Å². The Labute approximate surface area is 220 Å². The molecule has 3 amide bonds. The average Bonchev–Trinajstić information content (AvgIpc) is 3.35. The normalized spacial score (nSPS) is 17.8. The number of aromatic hydroxyl groups is 1. The number of nitrogens with one attached hydrogen (secondary N) is 2. The lowest BCUT2D eigenvalue weighted by atomic mass is 10.0. The molecule has 1 aliphatic heterocycles. The largest absolute Gasteiger partial charge is 0.508 e. The highest BCUT2D eigenvalue weighted by Gasteiger charge is 2.38. The number of likely N-dealkylation sites (tertiary alicyclic amines) is 1. The number of carbonyl (C=O) groups is 4. The van der Waals surface area contributed by atoms with Crippen LogP contribution in [0.3, 0.4) is 0 Å². The fraction of sp³-hybridized carbons (Fsp3) is 0.583. The summed E-state index contributed by atoms with van der Waals surface area (Å²) in [6, 6.07) is 2.63. The van der Waals surface area contributed by atoms with E-state index in [4.69, 9.17) is 5.73 Å². The summed E-state index contributed by atoms with van der Waals surface area (Å²) in [5, 5.41) is 24.5. The number of rotatable bonds is 14. The molecule has 0 bridgehead atoms. The van der Waals surface area contributed by atoms with E-state index >= 15 is 0 Å². The summed E-state index contributed by atoms with van der Waals surface area (Å²) in [6.07, 6.45) is 5.63. The third kappa shape index (κ3) is 8.90. The van der Waals surface area contributed by atoms with Crippen LogP contribution in [0.15, 0.2) is 24.3 Å². The number of phenols is 1. The van der Waals surface area contributed by atoms with Crippen molar-refractivity contribution in [1.82, 2.24) is 15.5 Å². The van der Waals surface area contributed by atoms with Crippen LogP contribution in [-0.2, 0) is 25.6 Å². The molecule has 0 aliphatic carbocycles. The van der Waals surface area contributed by atoms with Crippen molar-refractivity contribution < 1.29 is 29.4 Å². The highest BCUT2D eigenvalue weighted by molar-refractivity contribution is 7.98. The Bertz CT molecular complexity index is 901. The van der Waals surface area contributed by atoms with Gasteiger partial charge in [-0.15, -0.1) is 0 Å². The summed E-state index contributed by atoms with van der Waals surface area (Å²) in [7, 11) is 0. The van der Waals surface area contributed by atoms with Crippen LogP contribution < -0.4 is 16.4 Å². The van der Waals surface area contributed by atoms with Gasteiger partial charge in [0.05, 0.1) is 6.04 Å². The van der Waals surface area contributed by atoms with Gasteiger partial charge in [-0.1, -0.05) is 12.1 Å². The minimum atomic E-state index is -1.06. The fourth-order valence-electron chi connectivity index (χ4n) is 3.98. The van der Waals surface area contributed by atoms with E-state index in [0.29, 0.717) is 49.3 Å². The van der Waals surface area contributed by atoms with Crippen LogP contribution in [0.5, 0.6) is 5.75 Å². The van der Waals surface area contributed by atoms with Crippen molar-refractivity contribution in [3.05, 3.63) is 29.8 Å². The lowest BCUT2D eigenvalue weighted by Gasteiger charge is -2.29. The molecule has 12 heteroatoms. The summed E-state index contributed by atoms with van der Waals surface area (Å²) in [5.74, 6) is -1.18. The second-order valence-corrected chi connectivity index (χ2v) is 10.7. The molecule has 1 saturated heterocycles. The summed E-state index contributed by atoms with van der Waals surface area (Å²) in [6.45, 7) is 0.319. The van der Waals surface area contributed by atoms with Crippen LogP contribution in [0.4, 0.5) is 0 Å². The first-order valence-corrected chi connectivity index (χ1v) is 14.6. The Hall–Kier alpha value is -2.44. The van der Waals surface area contributed by atoms with Crippen molar-refractivity contribution in [2.45, 2.75) is 56.3 Å². The zero-order valence-corrected chi connectivity index (χ0v) is 22.3. The topological polar surface area (TPSA) is 162 Å². The number of aliphatic carboxylic acids is 1. The zero-order chi connectivity index (χ0) is 26.7. The minimum Gasteiger partial charge on any atom is -0.508 e. The van der Waals surface area contributed by atoms with Crippen molar-refractivity contribution in [2.24, 2.45) is 5.73 Å². The number of amides is 3. The molecule has 0 saturated carbocycles. The molecule has 36 heavy (non-hydrogen) atoms. The number of carboxylic acid groups (broad SMARTS) is 1. The number of nitrogens with two attached hydrogens (primary N) is 1. The van der Waals surface area contributed by atoms with E-state index in [9.17, 15) is 29.4 Å². The second-order valence-electron chi connectivity index (χ2n) is 8.69. The van der Waals surface area contributed by atoms with Gasteiger partial charge < -0.3 is 31.5 Å². The summed E-state index contributed by atoms with van der Waals surface area (Å²) in [5.41, 5.74) is 6.69. The Balaban J connectivity index is 2.21. The molecule has 2 rings (SSSR count). The standard InChI is InChI=1S/C24H36N4O6S2/c1-35-12-9-17(25)21(30)27-19(14-15-5-7-16(29)8-6-15)22(31)26-18(10-13-36-2)23(32)28-11-3-4-20(28)24(33)34/h5-8,17-20,29H,3-4,9-14,25H2,1-2H3,(H,26,31)(H,27,30)(H,33,34). The predicted octanol–water partition coefficient (Wildman–Crippen LogP) is 0.813. The first-order chi connectivity index (χ1) is 17.2. The van der Waals surface area contributed by atoms with Crippen molar-refractivity contribution in [3.8, 4) is 5.75 Å². The maximum atomic E-state index is 13.4. The first kappa shape index (κ1) is 29.8. The molecule has 6 N–H and O–H groups in total. The SMILES string of the molecule is CSCCC(N)C(=O)NC(Cc1ccc(O)cc1)C(=O)NC(CCSC)C(=O)N1CCCC1C(=O)O. The molecule has 1 fully saturated rings. The Morgan fingerprint density at radius 1 is 1.03 bits per heavy atom. The molecule has 1 heterocycles. The first-order valence-electron chi connectivity index (χ1n) is 11.8. The molecule has 0 spiro atoms. The van der Waals surface area contributed by atoms with E-state index in [-0.39, 0.29) is 12.2 Å². The summed E-state index contributed by atoms with van der Waals surface area (Å²) < 4.78 is 0. The van der Waals surface area contributed by atoms with E-state index < -0.39 is 47.9 Å². The van der Waals surface area contributed by atoms with Gasteiger partial charge in [0.25, 0.3) is 0 Å². The number of carboxylic acids is 1. The minimum absolute atomic E-state index is 0.0733. The zero-order valence-electron chi connectivity index (χ0n) is 20.6. The third-order valence-corrected chi connectivity index (χ3v) is 7.31. The van der Waals surface area contributed by atoms with Gasteiger partial charge in [0, 0.05) is 13.0 Å². The molecule has 1 aliphatic rings. The van der Waals surface area contributed by atoms with Gasteiger partial charge in [0.1, 0.15) is 23.9 Å². The van der Waals surface area contributed by atoms with E-state index in [1.54, 1.807) is 23.9 Å². The van der Waals surface area contributed by atoms with E-state index in [1.165, 1.54) is 28.8 Å². The van der Waals surface area contributed by atoms with Crippen LogP contribution in [0, 0.1) is 0 Å². The quantitative estimate of drug-likeness (QED) is 0.230. The molecule has 1 aromatic carbocycles. The van der Waals surface area contributed by atoms with Gasteiger partial charge in [0.2, 0.25) is 17.7 Å². The van der Waals surface area contributed by atoms with Crippen LogP contribution >= 0.6 is 23.5 Å². The maximum Gasteiger partial charge on any atom is 0.326 e. The maximum absolute atomic E-state index is 13.4. The number of hydrogen-bond donors (Lipinski definition) is 5. The molecule has 10 nitrogen and oxygen atoms in total. The van der Waals surface area contributed by atoms with Gasteiger partial charge in [-0.25, -0.2) is 4.79 Å². The molecule has 4 atom stereocenters. The molecule has 0 aromatic heterocycles. The molecule has 0 radical (unpaired) electrons. The van der Waals surface area contributed by atoms with Crippen LogP contribution in [0.25, 0.3) is 0 Å². The van der Waals surface area contributed by atoms with Gasteiger partial charge in [-0.05, 0) is 67.4 Å². The lowest BCUT2D eigenvalue weighted by molar-refractivity contribution is -0.149. The number of carbonyl (C=O) groups excluding carboxylic acids is 3. The van der Waals surface area contributed by atoms with Crippen molar-refractivity contribution in [2.75, 3.05) is 30.6 Å². The molecule has 200 valence electrons. The molecule has 1 aromatic rings. The van der Waals surface area contributed by atoms with Gasteiger partial charge in [-0.2, -0.15) is 23.5 Å². The number of phenolic OH excluding ortho intramolecular Hbond substituents is 1. The molecule has 4 unspecified atom stereocenters. The van der Waals surface area contributed by atoms with Crippen molar-refractivity contribution in [3.63, 3.8) is 0 Å². The fourth-order valence-corrected chi connectivity index (χ4v) is 4.95. The Morgan fingerprint density at radius 2 is 1.64 bits per heavy atom. The second kappa shape index (κ2) is 15.0. The smallest absolute Gasteiger partial charge is 0.326 e. The van der Waals surface area contributed by atoms with Crippen molar-refractivity contribution in [1.29, 1.82) is 0 Å². The van der Waals surface area contributed by atoms with Crippen LogP contribution in [0.1, 0.15) is 31.2 Å². The van der Waals surface area contributed by atoms with E-state index in [0.717, 1.165) is 0 Å². The van der Waals surface area contributed by atoms with E-state index in [2.05, 4.69) is 10.6 Å².